The van der Waals surface area contributed by atoms with Crippen LogP contribution in [0.3, 0.4) is 0 Å². The Hall–Kier alpha value is -8.87. The minimum absolute atomic E-state index is 0.0348. The molecule has 0 bridgehead atoms. The molecule has 2 heterocycles. The summed E-state index contributed by atoms with van der Waals surface area (Å²) in [5.74, 6) is 0.786. The first-order chi connectivity index (χ1) is 32.4. The molecular weight excluding hydrogens is 859 g/mol. The summed E-state index contributed by atoms with van der Waals surface area (Å²) in [7, 11) is 0. The number of alkyl halides is 6. The molecule has 2 aromatic heterocycles. The molecule has 0 saturated carbocycles. The topological polar surface area (TPSA) is 91.2 Å². The first-order valence-electron chi connectivity index (χ1n) is 20.8. The van der Waals surface area contributed by atoms with Gasteiger partial charge in [-0.3, -0.25) is 0 Å². The molecule has 0 atom stereocenters. The van der Waals surface area contributed by atoms with Gasteiger partial charge < -0.3 is 4.57 Å². The summed E-state index contributed by atoms with van der Waals surface area (Å²) in [6, 6.07) is 54.6. The van der Waals surface area contributed by atoms with E-state index in [2.05, 4.69) is 12.1 Å². The van der Waals surface area contributed by atoms with Crippen molar-refractivity contribution in [1.82, 2.24) is 19.5 Å². The van der Waals surface area contributed by atoms with Gasteiger partial charge in [0.05, 0.1) is 51.1 Å². The summed E-state index contributed by atoms with van der Waals surface area (Å²) in [6.07, 6.45) is -10.2. The summed E-state index contributed by atoms with van der Waals surface area (Å²) in [4.78, 5) is 14.8. The molecule has 6 nitrogen and oxygen atoms in total. The smallest absolute Gasteiger partial charge is 0.308 e. The Balaban J connectivity index is 1.35. The fraction of sp³-hybridized carbons (Fsp3) is 0.0364. The fourth-order valence-electron chi connectivity index (χ4n) is 8.49. The highest BCUT2D eigenvalue weighted by Gasteiger charge is 2.38. The number of fused-ring (bicyclic) bond motifs is 3. The van der Waals surface area contributed by atoms with Crippen LogP contribution in [-0.4, -0.2) is 19.5 Å². The van der Waals surface area contributed by atoms with Gasteiger partial charge in [0.25, 0.3) is 0 Å². The molecule has 0 saturated heterocycles. The van der Waals surface area contributed by atoms with Crippen molar-refractivity contribution in [3.05, 3.63) is 204 Å². The van der Waals surface area contributed by atoms with Gasteiger partial charge in [0.15, 0.2) is 17.5 Å². The van der Waals surface area contributed by atoms with E-state index >= 15 is 0 Å². The molecule has 0 amide bonds. The van der Waals surface area contributed by atoms with Gasteiger partial charge in [0.1, 0.15) is 0 Å². The van der Waals surface area contributed by atoms with Crippen LogP contribution in [0.15, 0.2) is 182 Å². The van der Waals surface area contributed by atoms with Crippen molar-refractivity contribution in [3.63, 3.8) is 0 Å². The van der Waals surface area contributed by atoms with E-state index in [1.807, 2.05) is 126 Å². The number of aromatic nitrogens is 4. The molecule has 10 rings (SSSR count). The summed E-state index contributed by atoms with van der Waals surface area (Å²) in [6.45, 7) is 0. The number of halogens is 6. The third-order valence-electron chi connectivity index (χ3n) is 11.6. The first kappa shape index (κ1) is 42.1. The van der Waals surface area contributed by atoms with E-state index in [1.165, 1.54) is 12.1 Å². The Labute approximate surface area is 379 Å². The summed E-state index contributed by atoms with van der Waals surface area (Å²) in [5, 5.41) is 21.7. The van der Waals surface area contributed by atoms with Crippen molar-refractivity contribution < 1.29 is 26.3 Å². The number of nitriles is 2. The lowest BCUT2D eigenvalue weighted by Gasteiger charge is -2.19. The Morgan fingerprint density at radius 1 is 0.388 bits per heavy atom. The third kappa shape index (κ3) is 7.81. The van der Waals surface area contributed by atoms with Gasteiger partial charge in [-0.25, -0.2) is 15.0 Å². The van der Waals surface area contributed by atoms with Crippen LogP contribution in [0.2, 0.25) is 0 Å². The molecule has 0 N–H and O–H groups in total. The minimum Gasteiger partial charge on any atom is -0.308 e. The lowest BCUT2D eigenvalue weighted by atomic mass is 9.95. The largest absolute Gasteiger partial charge is 0.417 e. The van der Waals surface area contributed by atoms with Crippen LogP contribution in [0.25, 0.3) is 95.0 Å². The molecule has 0 aliphatic carbocycles. The maximum Gasteiger partial charge on any atom is 0.417 e. The Morgan fingerprint density at radius 2 is 0.836 bits per heavy atom. The first-order valence-corrected chi connectivity index (χ1v) is 20.8. The van der Waals surface area contributed by atoms with Crippen LogP contribution in [0.5, 0.6) is 0 Å². The molecule has 8 aromatic carbocycles. The van der Waals surface area contributed by atoms with Crippen LogP contribution >= 0.6 is 0 Å². The predicted octanol–water partition coefficient (Wildman–Crippen LogP) is 14.8. The molecule has 12 heteroatoms. The van der Waals surface area contributed by atoms with E-state index < -0.39 is 29.0 Å². The van der Waals surface area contributed by atoms with Gasteiger partial charge in [0.2, 0.25) is 0 Å². The molecule has 0 fully saturated rings. The zero-order chi connectivity index (χ0) is 46.5. The SMILES string of the molecule is N#Cc1ccccc1-c1ccc2c3ccc(-c4ccccc4C#N)cc3n(-c3cc(-c4ccc(C(F)(F)F)cc4C(F)(F)F)ccc3-c3nc(-c4ccccc4)nc(-c4ccccc4)n3)c2c1. The highest BCUT2D eigenvalue weighted by atomic mass is 19.4. The maximum absolute atomic E-state index is 14.9. The third-order valence-corrected chi connectivity index (χ3v) is 11.6. The van der Waals surface area contributed by atoms with Crippen LogP contribution in [0.4, 0.5) is 26.3 Å². The molecule has 0 unspecified atom stereocenters. The van der Waals surface area contributed by atoms with Gasteiger partial charge in [-0.15, -0.1) is 0 Å². The molecule has 0 radical (unpaired) electrons. The molecule has 0 aliphatic rings. The van der Waals surface area contributed by atoms with Crippen molar-refractivity contribution in [3.8, 4) is 85.4 Å². The van der Waals surface area contributed by atoms with Crippen LogP contribution in [0, 0.1) is 22.7 Å². The van der Waals surface area contributed by atoms with Crippen molar-refractivity contribution in [2.45, 2.75) is 12.4 Å². The highest BCUT2D eigenvalue weighted by Crippen LogP contribution is 2.45. The van der Waals surface area contributed by atoms with Gasteiger partial charge in [-0.1, -0.05) is 133 Å². The zero-order valence-electron chi connectivity index (χ0n) is 34.8. The normalized spacial score (nSPS) is 11.7. The molecule has 67 heavy (non-hydrogen) atoms. The second-order valence-electron chi connectivity index (χ2n) is 15.6. The van der Waals surface area contributed by atoms with E-state index in [0.29, 0.717) is 78.8 Å². The Bertz CT molecular complexity index is 3470. The second-order valence-corrected chi connectivity index (χ2v) is 15.6. The van der Waals surface area contributed by atoms with Crippen LogP contribution in [0.1, 0.15) is 22.3 Å². The van der Waals surface area contributed by atoms with Gasteiger partial charge >= 0.3 is 12.4 Å². The molecule has 10 aromatic rings. The van der Waals surface area contributed by atoms with Crippen molar-refractivity contribution >= 4 is 21.8 Å². The second kappa shape index (κ2) is 16.6. The standard InChI is InChI=1S/C55H30F6N6/c56-54(57,58)40-22-26-43(47(30-40)55(59,60)61)37-21-25-46(53-65-51(33-11-3-1-4-12-33)64-52(66-53)34-13-5-2-6-14-34)50(29-37)67-48-27-35(41-17-9-7-15-38(41)31-62)19-23-44(48)45-24-20-36(28-49(45)67)42-18-10-8-16-39(42)32-63/h1-30H. The summed E-state index contributed by atoms with van der Waals surface area (Å²) >= 11 is 0. The maximum atomic E-state index is 14.9. The van der Waals surface area contributed by atoms with E-state index in [-0.39, 0.29) is 23.1 Å². The van der Waals surface area contributed by atoms with Gasteiger partial charge in [-0.05, 0) is 81.9 Å². The molecular formula is C55H30F6N6. The number of benzene rings is 8. The quantitative estimate of drug-likeness (QED) is 0.149. The van der Waals surface area contributed by atoms with E-state index in [1.54, 1.807) is 30.3 Å². The van der Waals surface area contributed by atoms with Gasteiger partial charge in [-0.2, -0.15) is 36.9 Å². The average molecular weight is 889 g/mol. The summed E-state index contributed by atoms with van der Waals surface area (Å²) < 4.78 is 88.6. The lowest BCUT2D eigenvalue weighted by Crippen LogP contribution is -2.12. The van der Waals surface area contributed by atoms with Crippen molar-refractivity contribution in [2.75, 3.05) is 0 Å². The van der Waals surface area contributed by atoms with Crippen molar-refractivity contribution in [2.24, 2.45) is 0 Å². The Kier molecular flexibility index (Phi) is 10.4. The number of nitrogens with zero attached hydrogens (tertiary/aromatic N) is 6. The average Bonchev–Trinajstić information content (AvgIpc) is 3.68. The van der Waals surface area contributed by atoms with Crippen molar-refractivity contribution in [1.29, 1.82) is 10.5 Å². The van der Waals surface area contributed by atoms with E-state index in [0.717, 1.165) is 16.8 Å². The van der Waals surface area contributed by atoms with Crippen LogP contribution in [-0.2, 0) is 12.4 Å². The number of rotatable bonds is 7. The van der Waals surface area contributed by atoms with E-state index in [4.69, 9.17) is 15.0 Å². The molecule has 0 aliphatic heterocycles. The minimum atomic E-state index is -5.17. The van der Waals surface area contributed by atoms with Gasteiger partial charge in [0, 0.05) is 27.5 Å². The summed E-state index contributed by atoms with van der Waals surface area (Å²) in [5.41, 5.74) is 3.14. The number of hydrogen-bond donors (Lipinski definition) is 0. The van der Waals surface area contributed by atoms with Crippen LogP contribution < -0.4 is 0 Å². The fourth-order valence-corrected chi connectivity index (χ4v) is 8.49. The highest BCUT2D eigenvalue weighted by molar-refractivity contribution is 6.12. The lowest BCUT2D eigenvalue weighted by molar-refractivity contribution is -0.142. The van der Waals surface area contributed by atoms with E-state index in [9.17, 15) is 36.9 Å². The monoisotopic (exact) mass is 888 g/mol. The zero-order valence-corrected chi connectivity index (χ0v) is 34.8. The Morgan fingerprint density at radius 3 is 1.33 bits per heavy atom. The molecule has 322 valence electrons. The molecule has 0 spiro atoms. The predicted molar refractivity (Wildman–Crippen MR) is 246 cm³/mol. The number of hydrogen-bond acceptors (Lipinski definition) is 5.